The van der Waals surface area contributed by atoms with Gasteiger partial charge in [0.15, 0.2) is 5.13 Å². The van der Waals surface area contributed by atoms with E-state index < -0.39 is 0 Å². The van der Waals surface area contributed by atoms with Crippen LogP contribution in [0, 0.1) is 0 Å². The molecule has 0 radical (unpaired) electrons. The Bertz CT molecular complexity index is 643. The first kappa shape index (κ1) is 18.5. The summed E-state index contributed by atoms with van der Waals surface area (Å²) in [6.45, 7) is 2.64. The molecule has 0 spiro atoms. The highest BCUT2D eigenvalue weighted by Crippen LogP contribution is 2.18. The summed E-state index contributed by atoms with van der Waals surface area (Å²) in [5, 5.41) is 12.8. The predicted molar refractivity (Wildman–Crippen MR) is 95.8 cm³/mol. The van der Waals surface area contributed by atoms with Gasteiger partial charge in [-0.2, -0.15) is 0 Å². The Hall–Kier alpha value is -1.81. The minimum atomic E-state index is -0.183. The van der Waals surface area contributed by atoms with Gasteiger partial charge >= 0.3 is 0 Å². The zero-order chi connectivity index (χ0) is 17.2. The van der Waals surface area contributed by atoms with E-state index in [0.717, 1.165) is 6.54 Å². The highest BCUT2D eigenvalue weighted by atomic mass is 32.1. The molecule has 7 nitrogen and oxygen atoms in total. The molecule has 9 heteroatoms. The molecule has 3 N–H and O–H groups in total. The monoisotopic (exact) mass is 368 g/mol. The van der Waals surface area contributed by atoms with Crippen LogP contribution >= 0.6 is 22.7 Å². The minimum Gasteiger partial charge on any atom is -0.383 e. The number of thiophene rings is 1. The van der Waals surface area contributed by atoms with E-state index >= 15 is 0 Å². The van der Waals surface area contributed by atoms with E-state index in [2.05, 4.69) is 20.9 Å². The molecule has 0 aliphatic carbocycles. The smallest absolute Gasteiger partial charge is 0.267 e. The lowest BCUT2D eigenvalue weighted by Crippen LogP contribution is -2.33. The number of methoxy groups -OCH3 is 1. The number of hydrogen-bond acceptors (Lipinski definition) is 7. The Labute approximate surface area is 148 Å². The molecular weight excluding hydrogens is 348 g/mol. The van der Waals surface area contributed by atoms with Crippen LogP contribution in [0.1, 0.15) is 15.4 Å². The zero-order valence-electron chi connectivity index (χ0n) is 13.3. The maximum atomic E-state index is 11.9. The molecule has 2 aromatic rings. The summed E-state index contributed by atoms with van der Waals surface area (Å²) in [6, 6.07) is 3.57. The van der Waals surface area contributed by atoms with Crippen molar-refractivity contribution in [3.8, 4) is 0 Å². The second-order valence-electron chi connectivity index (χ2n) is 4.84. The molecule has 24 heavy (non-hydrogen) atoms. The van der Waals surface area contributed by atoms with Crippen molar-refractivity contribution in [1.82, 2.24) is 15.6 Å². The van der Waals surface area contributed by atoms with Gasteiger partial charge in [-0.05, 0) is 11.4 Å². The molecule has 0 aliphatic heterocycles. The lowest BCUT2D eigenvalue weighted by molar-refractivity contribution is -0.120. The van der Waals surface area contributed by atoms with Gasteiger partial charge in [0.25, 0.3) is 5.91 Å². The lowest BCUT2D eigenvalue weighted by atomic mass is 10.3. The minimum absolute atomic E-state index is 0.0926. The van der Waals surface area contributed by atoms with Gasteiger partial charge in [-0.25, -0.2) is 4.98 Å². The summed E-state index contributed by atoms with van der Waals surface area (Å²) < 4.78 is 4.92. The number of rotatable bonds is 10. The van der Waals surface area contributed by atoms with Crippen molar-refractivity contribution in [2.24, 2.45) is 0 Å². The van der Waals surface area contributed by atoms with E-state index in [1.54, 1.807) is 18.6 Å². The highest BCUT2D eigenvalue weighted by molar-refractivity contribution is 7.14. The van der Waals surface area contributed by atoms with Crippen LogP contribution in [0.4, 0.5) is 5.13 Å². The molecule has 0 saturated heterocycles. The quantitative estimate of drug-likeness (QED) is 0.551. The molecule has 2 heterocycles. The summed E-state index contributed by atoms with van der Waals surface area (Å²) in [4.78, 5) is 28.7. The van der Waals surface area contributed by atoms with E-state index in [0.29, 0.717) is 35.4 Å². The number of nitrogens with zero attached hydrogens (tertiary/aromatic N) is 1. The maximum absolute atomic E-state index is 11.9. The maximum Gasteiger partial charge on any atom is 0.267 e. The number of aromatic nitrogens is 1. The Morgan fingerprint density at radius 2 is 2.12 bits per heavy atom. The molecule has 0 unspecified atom stereocenters. The van der Waals surface area contributed by atoms with Crippen LogP contribution in [0.2, 0.25) is 0 Å². The Balaban J connectivity index is 1.69. The van der Waals surface area contributed by atoms with Crippen molar-refractivity contribution < 1.29 is 14.3 Å². The largest absolute Gasteiger partial charge is 0.383 e. The van der Waals surface area contributed by atoms with E-state index in [4.69, 9.17) is 4.74 Å². The molecule has 0 bridgehead atoms. The Morgan fingerprint density at radius 3 is 2.88 bits per heavy atom. The second kappa shape index (κ2) is 10.1. The van der Waals surface area contributed by atoms with Crippen LogP contribution in [0.15, 0.2) is 22.9 Å². The highest BCUT2D eigenvalue weighted by Gasteiger charge is 2.11. The number of anilines is 1. The third-order valence-electron chi connectivity index (χ3n) is 2.97. The second-order valence-corrected chi connectivity index (χ2v) is 6.65. The van der Waals surface area contributed by atoms with Gasteiger partial charge in [0, 0.05) is 32.1 Å². The fourth-order valence-electron chi connectivity index (χ4n) is 1.83. The van der Waals surface area contributed by atoms with Gasteiger partial charge in [-0.1, -0.05) is 6.07 Å². The van der Waals surface area contributed by atoms with E-state index in [-0.39, 0.29) is 18.2 Å². The first-order valence-corrected chi connectivity index (χ1v) is 9.20. The fraction of sp³-hybridized carbons (Fsp3) is 0.400. The van der Waals surface area contributed by atoms with Crippen molar-refractivity contribution in [3.63, 3.8) is 0 Å². The van der Waals surface area contributed by atoms with Crippen LogP contribution in [0.3, 0.4) is 0 Å². The van der Waals surface area contributed by atoms with Gasteiger partial charge in [0.1, 0.15) is 0 Å². The van der Waals surface area contributed by atoms with Crippen LogP contribution < -0.4 is 16.0 Å². The molecule has 2 rings (SSSR count). The topological polar surface area (TPSA) is 92.4 Å². The van der Waals surface area contributed by atoms with Crippen LogP contribution in [0.25, 0.3) is 0 Å². The third-order valence-corrected chi connectivity index (χ3v) is 4.64. The van der Waals surface area contributed by atoms with Gasteiger partial charge in [-0.3, -0.25) is 14.9 Å². The third kappa shape index (κ3) is 6.36. The van der Waals surface area contributed by atoms with Crippen molar-refractivity contribution >= 4 is 39.6 Å². The van der Waals surface area contributed by atoms with Gasteiger partial charge < -0.3 is 15.4 Å². The van der Waals surface area contributed by atoms with Crippen LogP contribution in [-0.2, 0) is 16.0 Å². The predicted octanol–water partition coefficient (Wildman–Crippen LogP) is 1.35. The number of ether oxygens (including phenoxy) is 1. The van der Waals surface area contributed by atoms with Crippen molar-refractivity contribution in [2.45, 2.75) is 6.42 Å². The molecule has 0 atom stereocenters. The SMILES string of the molecule is COCCNCCNC(=O)Cc1csc(NC(=O)c2cccs2)n1. The van der Waals surface area contributed by atoms with Gasteiger partial charge in [-0.15, -0.1) is 22.7 Å². The molecular formula is C15H20N4O3S2. The van der Waals surface area contributed by atoms with Crippen molar-refractivity contribution in [2.75, 3.05) is 38.7 Å². The molecule has 2 amide bonds. The first-order chi connectivity index (χ1) is 11.7. The summed E-state index contributed by atoms with van der Waals surface area (Å²) in [5.41, 5.74) is 0.645. The number of carbonyl (C=O) groups excluding carboxylic acids is 2. The van der Waals surface area contributed by atoms with Gasteiger partial charge in [0.2, 0.25) is 5.91 Å². The molecule has 2 aromatic heterocycles. The Kier molecular flexibility index (Phi) is 7.83. The molecule has 130 valence electrons. The summed E-state index contributed by atoms with van der Waals surface area (Å²) >= 11 is 2.68. The Morgan fingerprint density at radius 1 is 1.25 bits per heavy atom. The molecule has 0 saturated carbocycles. The summed E-state index contributed by atoms with van der Waals surface area (Å²) in [6.07, 6.45) is 0.198. The average molecular weight is 368 g/mol. The molecule has 0 aliphatic rings. The van der Waals surface area contributed by atoms with Crippen molar-refractivity contribution in [3.05, 3.63) is 33.5 Å². The zero-order valence-corrected chi connectivity index (χ0v) is 15.0. The summed E-state index contributed by atoms with van der Waals surface area (Å²) in [5.74, 6) is -0.276. The fourth-order valence-corrected chi connectivity index (χ4v) is 3.15. The van der Waals surface area contributed by atoms with Gasteiger partial charge in [0.05, 0.1) is 23.6 Å². The summed E-state index contributed by atoms with van der Waals surface area (Å²) in [7, 11) is 1.65. The average Bonchev–Trinajstić information content (AvgIpc) is 3.23. The number of amides is 2. The number of nitrogens with one attached hydrogen (secondary N) is 3. The number of hydrogen-bond donors (Lipinski definition) is 3. The standard InChI is InChI=1S/C15H20N4O3S2/c1-22-7-6-16-4-5-17-13(20)9-11-10-24-15(18-11)19-14(21)12-3-2-8-23-12/h2-3,8,10,16H,4-7,9H2,1H3,(H,17,20)(H,18,19,21). The number of carbonyl (C=O) groups is 2. The van der Waals surface area contributed by atoms with E-state index in [1.165, 1.54) is 22.7 Å². The van der Waals surface area contributed by atoms with Crippen LogP contribution in [-0.4, -0.2) is 50.1 Å². The normalized spacial score (nSPS) is 10.5. The molecule has 0 aromatic carbocycles. The van der Waals surface area contributed by atoms with Crippen molar-refractivity contribution in [1.29, 1.82) is 0 Å². The van der Waals surface area contributed by atoms with E-state index in [1.807, 2.05) is 11.4 Å². The number of thiazole rings is 1. The molecule has 0 fully saturated rings. The van der Waals surface area contributed by atoms with E-state index in [9.17, 15) is 9.59 Å². The van der Waals surface area contributed by atoms with Crippen LogP contribution in [0.5, 0.6) is 0 Å². The lowest BCUT2D eigenvalue weighted by Gasteiger charge is -2.05. The first-order valence-electron chi connectivity index (χ1n) is 7.44.